The van der Waals surface area contributed by atoms with Crippen molar-refractivity contribution in [1.29, 1.82) is 0 Å². The molecule has 0 saturated carbocycles. The van der Waals surface area contributed by atoms with Gasteiger partial charge in [-0.15, -0.1) is 0 Å². The third-order valence-electron chi connectivity index (χ3n) is 3.60. The van der Waals surface area contributed by atoms with Gasteiger partial charge in [0, 0.05) is 6.92 Å². The third-order valence-corrected chi connectivity index (χ3v) is 3.60. The lowest BCUT2D eigenvalue weighted by Gasteiger charge is -2.08. The molecular formula is C16H18N2O4. The molecule has 2 rings (SSSR count). The summed E-state index contributed by atoms with van der Waals surface area (Å²) in [5.41, 5.74) is 1.07. The van der Waals surface area contributed by atoms with Gasteiger partial charge in [0.15, 0.2) is 17.5 Å². The minimum atomic E-state index is -1.30. The first-order valence-electron chi connectivity index (χ1n) is 7.14. The summed E-state index contributed by atoms with van der Waals surface area (Å²) in [5, 5.41) is 4.89. The van der Waals surface area contributed by atoms with Crippen molar-refractivity contribution in [1.82, 2.24) is 10.6 Å². The first kappa shape index (κ1) is 15.9. The van der Waals surface area contributed by atoms with Crippen LogP contribution in [0.2, 0.25) is 0 Å². The average Bonchev–Trinajstić information content (AvgIpc) is 2.78. The van der Waals surface area contributed by atoms with Crippen molar-refractivity contribution in [3.63, 3.8) is 0 Å². The summed E-state index contributed by atoms with van der Waals surface area (Å²) in [6, 6.07) is 8.97. The highest BCUT2D eigenvalue weighted by Crippen LogP contribution is 2.17. The minimum absolute atomic E-state index is 0.301. The van der Waals surface area contributed by atoms with Crippen LogP contribution in [0, 0.1) is 5.92 Å². The fourth-order valence-corrected chi connectivity index (χ4v) is 2.45. The van der Waals surface area contributed by atoms with E-state index in [4.69, 9.17) is 0 Å². The molecule has 0 aliphatic carbocycles. The topological polar surface area (TPSA) is 92.3 Å². The minimum Gasteiger partial charge on any atom is -0.349 e. The molecule has 2 unspecified atom stereocenters. The van der Waals surface area contributed by atoms with Crippen LogP contribution in [0.15, 0.2) is 30.3 Å². The Morgan fingerprint density at radius 1 is 1.18 bits per heavy atom. The Morgan fingerprint density at radius 2 is 1.86 bits per heavy atom. The summed E-state index contributed by atoms with van der Waals surface area (Å²) in [4.78, 5) is 46.7. The Balaban J connectivity index is 1.93. The maximum Gasteiger partial charge on any atom is 0.238 e. The molecule has 1 aliphatic heterocycles. The third kappa shape index (κ3) is 3.78. The smallest absolute Gasteiger partial charge is 0.238 e. The quantitative estimate of drug-likeness (QED) is 0.724. The van der Waals surface area contributed by atoms with Crippen molar-refractivity contribution in [2.75, 3.05) is 6.54 Å². The molecule has 6 heteroatoms. The first-order chi connectivity index (χ1) is 10.5. The SMILES string of the molecule is CC(=O)NCC(=O)C1C(=O)NC(CCc2ccccc2)C1=O. The van der Waals surface area contributed by atoms with Gasteiger partial charge in [-0.1, -0.05) is 30.3 Å². The molecule has 2 atom stereocenters. The number of carbonyl (C=O) groups excluding carboxylic acids is 4. The second-order valence-corrected chi connectivity index (χ2v) is 5.30. The molecule has 22 heavy (non-hydrogen) atoms. The van der Waals surface area contributed by atoms with Crippen molar-refractivity contribution in [3.05, 3.63) is 35.9 Å². The number of Topliss-reactive ketones (excluding diaryl/α,β-unsaturated/α-hetero) is 2. The standard InChI is InChI=1S/C16H18N2O4/c1-10(19)17-9-13(20)14-15(21)12(18-16(14)22)8-7-11-5-3-2-4-6-11/h2-6,12,14H,7-9H2,1H3,(H,17,19)(H,18,22). The molecule has 1 heterocycles. The molecule has 116 valence electrons. The molecule has 1 fully saturated rings. The Bertz CT molecular complexity index is 597. The van der Waals surface area contributed by atoms with E-state index in [0.717, 1.165) is 5.56 Å². The molecule has 0 radical (unpaired) electrons. The van der Waals surface area contributed by atoms with Crippen molar-refractivity contribution in [3.8, 4) is 0 Å². The van der Waals surface area contributed by atoms with Crippen LogP contribution < -0.4 is 10.6 Å². The van der Waals surface area contributed by atoms with Crippen molar-refractivity contribution in [2.24, 2.45) is 5.92 Å². The lowest BCUT2D eigenvalue weighted by molar-refractivity contribution is -0.137. The summed E-state index contributed by atoms with van der Waals surface area (Å²) < 4.78 is 0. The Labute approximate surface area is 128 Å². The highest BCUT2D eigenvalue weighted by atomic mass is 16.2. The van der Waals surface area contributed by atoms with Crippen molar-refractivity contribution in [2.45, 2.75) is 25.8 Å². The molecule has 0 aromatic heterocycles. The maximum atomic E-state index is 12.2. The van der Waals surface area contributed by atoms with E-state index in [1.54, 1.807) is 0 Å². The van der Waals surface area contributed by atoms with Crippen LogP contribution >= 0.6 is 0 Å². The normalized spacial score (nSPS) is 20.6. The zero-order valence-corrected chi connectivity index (χ0v) is 12.3. The van der Waals surface area contributed by atoms with Crippen LogP contribution in [-0.4, -0.2) is 36.0 Å². The molecule has 1 aromatic rings. The number of hydrogen-bond donors (Lipinski definition) is 2. The molecule has 2 N–H and O–H groups in total. The summed E-state index contributed by atoms with van der Waals surface area (Å²) >= 11 is 0. The van der Waals surface area contributed by atoms with Gasteiger partial charge in [0.1, 0.15) is 0 Å². The van der Waals surface area contributed by atoms with Gasteiger partial charge in [-0.05, 0) is 18.4 Å². The maximum absolute atomic E-state index is 12.2. The second kappa shape index (κ2) is 6.98. The van der Waals surface area contributed by atoms with Crippen LogP contribution in [0.4, 0.5) is 0 Å². The van der Waals surface area contributed by atoms with Crippen LogP contribution in [0.3, 0.4) is 0 Å². The van der Waals surface area contributed by atoms with Crippen molar-refractivity contribution < 1.29 is 19.2 Å². The lowest BCUT2D eigenvalue weighted by atomic mass is 9.95. The zero-order valence-electron chi connectivity index (χ0n) is 12.3. The van der Waals surface area contributed by atoms with Gasteiger partial charge in [0.25, 0.3) is 0 Å². The van der Waals surface area contributed by atoms with E-state index in [1.165, 1.54) is 6.92 Å². The number of amides is 2. The fourth-order valence-electron chi connectivity index (χ4n) is 2.45. The molecule has 0 spiro atoms. The van der Waals surface area contributed by atoms with Gasteiger partial charge in [0.2, 0.25) is 11.8 Å². The van der Waals surface area contributed by atoms with E-state index in [9.17, 15) is 19.2 Å². The van der Waals surface area contributed by atoms with E-state index in [0.29, 0.717) is 12.8 Å². The first-order valence-corrected chi connectivity index (χ1v) is 7.14. The molecule has 0 bridgehead atoms. The van der Waals surface area contributed by atoms with E-state index < -0.39 is 29.4 Å². The number of hydrogen-bond acceptors (Lipinski definition) is 4. The highest BCUT2D eigenvalue weighted by Gasteiger charge is 2.44. The average molecular weight is 302 g/mol. The number of aryl methyl sites for hydroxylation is 1. The van der Waals surface area contributed by atoms with Gasteiger partial charge < -0.3 is 10.6 Å². The van der Waals surface area contributed by atoms with Gasteiger partial charge in [-0.2, -0.15) is 0 Å². The Kier molecular flexibility index (Phi) is 5.04. The summed E-state index contributed by atoms with van der Waals surface area (Å²) in [6.45, 7) is 0.969. The number of rotatable bonds is 6. The van der Waals surface area contributed by atoms with E-state index in [2.05, 4.69) is 10.6 Å². The predicted octanol–water partition coefficient (Wildman–Crippen LogP) is 0.00810. The molecule has 1 saturated heterocycles. The number of carbonyl (C=O) groups is 4. The van der Waals surface area contributed by atoms with Crippen LogP contribution in [-0.2, 0) is 25.6 Å². The van der Waals surface area contributed by atoms with Crippen molar-refractivity contribution >= 4 is 23.4 Å². The van der Waals surface area contributed by atoms with E-state index in [1.807, 2.05) is 30.3 Å². The van der Waals surface area contributed by atoms with Gasteiger partial charge in [-0.3, -0.25) is 19.2 Å². The predicted molar refractivity (Wildman–Crippen MR) is 78.9 cm³/mol. The summed E-state index contributed by atoms with van der Waals surface area (Å²) in [7, 11) is 0. The largest absolute Gasteiger partial charge is 0.349 e. The number of nitrogens with one attached hydrogen (secondary N) is 2. The zero-order chi connectivity index (χ0) is 16.1. The molecular weight excluding hydrogens is 284 g/mol. The highest BCUT2D eigenvalue weighted by molar-refractivity contribution is 6.24. The summed E-state index contributed by atoms with van der Waals surface area (Å²) in [6.07, 6.45) is 1.10. The lowest BCUT2D eigenvalue weighted by Crippen LogP contribution is -2.36. The Morgan fingerprint density at radius 3 is 2.50 bits per heavy atom. The number of ketones is 2. The Hall–Kier alpha value is -2.50. The van der Waals surface area contributed by atoms with Crippen LogP contribution in [0.1, 0.15) is 18.9 Å². The van der Waals surface area contributed by atoms with Gasteiger partial charge >= 0.3 is 0 Å². The van der Waals surface area contributed by atoms with E-state index >= 15 is 0 Å². The number of benzene rings is 1. The van der Waals surface area contributed by atoms with Crippen LogP contribution in [0.5, 0.6) is 0 Å². The van der Waals surface area contributed by atoms with Gasteiger partial charge in [-0.25, -0.2) is 0 Å². The molecule has 1 aliphatic rings. The molecule has 2 amide bonds. The second-order valence-electron chi connectivity index (χ2n) is 5.30. The van der Waals surface area contributed by atoms with Crippen LogP contribution in [0.25, 0.3) is 0 Å². The summed E-state index contributed by atoms with van der Waals surface area (Å²) in [5.74, 6) is -3.22. The van der Waals surface area contributed by atoms with Gasteiger partial charge in [0.05, 0.1) is 12.6 Å². The fraction of sp³-hybridized carbons (Fsp3) is 0.375. The monoisotopic (exact) mass is 302 g/mol. The van der Waals surface area contributed by atoms with E-state index in [-0.39, 0.29) is 12.5 Å². The molecule has 6 nitrogen and oxygen atoms in total. The molecule has 1 aromatic carbocycles.